The largest absolute Gasteiger partial charge is 0.306 e. The first-order valence-electron chi connectivity index (χ1n) is 6.65. The summed E-state index contributed by atoms with van der Waals surface area (Å²) in [4.78, 5) is 25.3. The van der Waals surface area contributed by atoms with Crippen molar-refractivity contribution in [3.63, 3.8) is 0 Å². The van der Waals surface area contributed by atoms with Gasteiger partial charge in [-0.15, -0.1) is 11.3 Å². The van der Waals surface area contributed by atoms with Gasteiger partial charge in [-0.1, -0.05) is 13.0 Å². The molecule has 3 rings (SSSR count). The molecule has 6 heteroatoms. The van der Waals surface area contributed by atoms with E-state index in [-0.39, 0.29) is 5.91 Å². The molecule has 0 aromatic carbocycles. The molecule has 0 bridgehead atoms. The van der Waals surface area contributed by atoms with Crippen LogP contribution in [0.4, 0.5) is 5.82 Å². The second-order valence-electron chi connectivity index (χ2n) is 4.60. The Morgan fingerprint density at radius 2 is 2.19 bits per heavy atom. The SMILES string of the molecule is CCc1cccc(NC(=O)c2csc3cnc(C)nc23)n1. The van der Waals surface area contributed by atoms with Gasteiger partial charge in [0.15, 0.2) is 0 Å². The van der Waals surface area contributed by atoms with Gasteiger partial charge in [0.25, 0.3) is 5.91 Å². The maximum Gasteiger partial charge on any atom is 0.259 e. The predicted molar refractivity (Wildman–Crippen MR) is 83.7 cm³/mol. The number of carbonyl (C=O) groups is 1. The summed E-state index contributed by atoms with van der Waals surface area (Å²) in [5.74, 6) is 1.02. The molecule has 0 saturated carbocycles. The van der Waals surface area contributed by atoms with Crippen molar-refractivity contribution in [3.8, 4) is 0 Å². The molecule has 0 saturated heterocycles. The smallest absolute Gasteiger partial charge is 0.259 e. The number of fused-ring (bicyclic) bond motifs is 1. The van der Waals surface area contributed by atoms with Gasteiger partial charge in [-0.3, -0.25) is 4.79 Å². The van der Waals surface area contributed by atoms with Crippen molar-refractivity contribution in [2.75, 3.05) is 5.32 Å². The number of rotatable bonds is 3. The van der Waals surface area contributed by atoms with Crippen LogP contribution in [-0.4, -0.2) is 20.9 Å². The molecular formula is C15H14N4OS. The molecule has 0 unspecified atom stereocenters. The van der Waals surface area contributed by atoms with Gasteiger partial charge in [0.2, 0.25) is 0 Å². The van der Waals surface area contributed by atoms with E-state index >= 15 is 0 Å². The number of nitrogens with zero attached hydrogens (tertiary/aromatic N) is 3. The van der Waals surface area contributed by atoms with E-state index in [4.69, 9.17) is 0 Å². The third-order valence-corrected chi connectivity index (χ3v) is 4.00. The van der Waals surface area contributed by atoms with Crippen LogP contribution in [0.15, 0.2) is 29.8 Å². The second-order valence-corrected chi connectivity index (χ2v) is 5.51. The zero-order valence-electron chi connectivity index (χ0n) is 11.8. The first kappa shape index (κ1) is 13.6. The molecule has 0 radical (unpaired) electrons. The maximum atomic E-state index is 12.4. The molecule has 0 atom stereocenters. The van der Waals surface area contributed by atoms with Gasteiger partial charge in [0.1, 0.15) is 11.6 Å². The fourth-order valence-electron chi connectivity index (χ4n) is 2.01. The Kier molecular flexibility index (Phi) is 3.62. The van der Waals surface area contributed by atoms with Crippen LogP contribution >= 0.6 is 11.3 Å². The molecule has 0 spiro atoms. The van der Waals surface area contributed by atoms with Crippen LogP contribution in [0.5, 0.6) is 0 Å². The predicted octanol–water partition coefficient (Wildman–Crippen LogP) is 3.21. The van der Waals surface area contributed by atoms with Gasteiger partial charge < -0.3 is 5.32 Å². The van der Waals surface area contributed by atoms with E-state index in [1.165, 1.54) is 11.3 Å². The van der Waals surface area contributed by atoms with E-state index in [9.17, 15) is 4.79 Å². The van der Waals surface area contributed by atoms with E-state index in [1.807, 2.05) is 26.0 Å². The van der Waals surface area contributed by atoms with Gasteiger partial charge in [0, 0.05) is 17.3 Å². The summed E-state index contributed by atoms with van der Waals surface area (Å²) in [5, 5.41) is 4.63. The molecule has 0 fully saturated rings. The molecule has 5 nitrogen and oxygen atoms in total. The van der Waals surface area contributed by atoms with Gasteiger partial charge in [0.05, 0.1) is 15.8 Å². The zero-order valence-corrected chi connectivity index (χ0v) is 12.6. The molecule has 1 N–H and O–H groups in total. The Hall–Kier alpha value is -2.34. The van der Waals surface area contributed by atoms with Crippen LogP contribution in [0.25, 0.3) is 10.2 Å². The normalized spacial score (nSPS) is 10.8. The van der Waals surface area contributed by atoms with Crippen molar-refractivity contribution < 1.29 is 4.79 Å². The average molecular weight is 298 g/mol. The summed E-state index contributed by atoms with van der Waals surface area (Å²) in [6.45, 7) is 3.84. The monoisotopic (exact) mass is 298 g/mol. The summed E-state index contributed by atoms with van der Waals surface area (Å²) in [6.07, 6.45) is 2.58. The van der Waals surface area contributed by atoms with Gasteiger partial charge in [-0.2, -0.15) is 0 Å². The number of aromatic nitrogens is 3. The summed E-state index contributed by atoms with van der Waals surface area (Å²) >= 11 is 1.46. The Balaban J connectivity index is 1.91. The summed E-state index contributed by atoms with van der Waals surface area (Å²) < 4.78 is 0.904. The van der Waals surface area contributed by atoms with Crippen LogP contribution < -0.4 is 5.32 Å². The molecule has 106 valence electrons. The number of aryl methyl sites for hydroxylation is 2. The highest BCUT2D eigenvalue weighted by atomic mass is 32.1. The van der Waals surface area contributed by atoms with E-state index in [1.54, 1.807) is 17.6 Å². The minimum absolute atomic E-state index is 0.194. The number of hydrogen-bond donors (Lipinski definition) is 1. The summed E-state index contributed by atoms with van der Waals surface area (Å²) in [6, 6.07) is 5.61. The second kappa shape index (κ2) is 5.57. The summed E-state index contributed by atoms with van der Waals surface area (Å²) in [7, 11) is 0. The third-order valence-electron chi connectivity index (χ3n) is 3.09. The first-order chi connectivity index (χ1) is 10.2. The van der Waals surface area contributed by atoms with Crippen molar-refractivity contribution in [1.29, 1.82) is 0 Å². The fourth-order valence-corrected chi connectivity index (χ4v) is 2.85. The Bertz CT molecular complexity index is 812. The van der Waals surface area contributed by atoms with Gasteiger partial charge >= 0.3 is 0 Å². The standard InChI is InChI=1S/C15H14N4OS/c1-3-10-5-4-6-13(18-10)19-15(20)11-8-21-12-7-16-9(2)17-14(11)12/h4-8H,3H2,1-2H3,(H,18,19,20). The van der Waals surface area contributed by atoms with Crippen LogP contribution in [0.2, 0.25) is 0 Å². The maximum absolute atomic E-state index is 12.4. The van der Waals surface area contributed by atoms with Gasteiger partial charge in [-0.25, -0.2) is 15.0 Å². The molecule has 3 aromatic heterocycles. The highest BCUT2D eigenvalue weighted by molar-refractivity contribution is 7.17. The van der Waals surface area contributed by atoms with E-state index in [0.717, 1.165) is 16.8 Å². The molecule has 0 aliphatic rings. The molecule has 1 amide bonds. The third kappa shape index (κ3) is 2.75. The van der Waals surface area contributed by atoms with E-state index < -0.39 is 0 Å². The van der Waals surface area contributed by atoms with Gasteiger partial charge in [-0.05, 0) is 25.5 Å². The highest BCUT2D eigenvalue weighted by Gasteiger charge is 2.14. The Labute approximate surface area is 126 Å². The Morgan fingerprint density at radius 1 is 1.33 bits per heavy atom. The van der Waals surface area contributed by atoms with Crippen LogP contribution in [0, 0.1) is 6.92 Å². The van der Waals surface area contributed by atoms with E-state index in [2.05, 4.69) is 20.3 Å². The average Bonchev–Trinajstić information content (AvgIpc) is 2.90. The lowest BCUT2D eigenvalue weighted by molar-refractivity contribution is 0.102. The van der Waals surface area contributed by atoms with Crippen molar-refractivity contribution >= 4 is 33.3 Å². The number of amides is 1. The van der Waals surface area contributed by atoms with Crippen LogP contribution in [-0.2, 0) is 6.42 Å². The van der Waals surface area contributed by atoms with Crippen LogP contribution in [0.3, 0.4) is 0 Å². The van der Waals surface area contributed by atoms with Crippen molar-refractivity contribution in [2.45, 2.75) is 20.3 Å². The lowest BCUT2D eigenvalue weighted by Gasteiger charge is -2.05. The summed E-state index contributed by atoms with van der Waals surface area (Å²) in [5.41, 5.74) is 2.20. The number of thiophene rings is 1. The molecule has 3 heterocycles. The Morgan fingerprint density at radius 3 is 3.00 bits per heavy atom. The van der Waals surface area contributed by atoms with Crippen molar-refractivity contribution in [3.05, 3.63) is 46.9 Å². The quantitative estimate of drug-likeness (QED) is 0.806. The first-order valence-corrected chi connectivity index (χ1v) is 7.53. The van der Waals surface area contributed by atoms with Crippen molar-refractivity contribution in [1.82, 2.24) is 15.0 Å². The molecule has 21 heavy (non-hydrogen) atoms. The molecule has 0 aliphatic carbocycles. The fraction of sp³-hybridized carbons (Fsp3) is 0.200. The lowest BCUT2D eigenvalue weighted by atomic mass is 10.2. The zero-order chi connectivity index (χ0) is 14.8. The van der Waals surface area contributed by atoms with Crippen LogP contribution in [0.1, 0.15) is 28.8 Å². The minimum atomic E-state index is -0.194. The lowest BCUT2D eigenvalue weighted by Crippen LogP contribution is -2.13. The highest BCUT2D eigenvalue weighted by Crippen LogP contribution is 2.24. The molecular weight excluding hydrogens is 284 g/mol. The number of hydrogen-bond acceptors (Lipinski definition) is 5. The number of anilines is 1. The number of nitrogens with one attached hydrogen (secondary N) is 1. The molecule has 0 aliphatic heterocycles. The number of pyridine rings is 1. The minimum Gasteiger partial charge on any atom is -0.306 e. The molecule has 3 aromatic rings. The topological polar surface area (TPSA) is 67.8 Å². The van der Waals surface area contributed by atoms with Crippen molar-refractivity contribution in [2.24, 2.45) is 0 Å². The van der Waals surface area contributed by atoms with E-state index in [0.29, 0.717) is 22.7 Å². The number of carbonyl (C=O) groups excluding carboxylic acids is 1.